The Kier molecular flexibility index (Phi) is 3.81. The maximum absolute atomic E-state index is 14.0. The number of benzene rings is 1. The van der Waals surface area contributed by atoms with Gasteiger partial charge in [-0.1, -0.05) is 23.8 Å². The van der Waals surface area contributed by atoms with E-state index in [1.54, 1.807) is 19.1 Å². The number of hydrogen-bond donors (Lipinski definition) is 0. The molecule has 0 N–H and O–H groups in total. The predicted molar refractivity (Wildman–Crippen MR) is 81.3 cm³/mol. The predicted octanol–water partition coefficient (Wildman–Crippen LogP) is 5.82. The molecule has 2 rings (SSSR count). The van der Waals surface area contributed by atoms with Crippen molar-refractivity contribution in [1.82, 2.24) is 0 Å². The van der Waals surface area contributed by atoms with E-state index in [-0.39, 0.29) is 5.56 Å². The largest absolute Gasteiger partial charge is 0.270 e. The second-order valence-corrected chi connectivity index (χ2v) is 6.43. The van der Waals surface area contributed by atoms with Crippen LogP contribution in [0, 0.1) is 0 Å². The lowest BCUT2D eigenvalue weighted by atomic mass is 9.94. The highest BCUT2D eigenvalue weighted by Crippen LogP contribution is 2.39. The fourth-order valence-electron chi connectivity index (χ4n) is 2.45. The molecule has 0 saturated carbocycles. The van der Waals surface area contributed by atoms with Gasteiger partial charge in [0.15, 0.2) is 0 Å². The molecular formula is C18H21F3. The van der Waals surface area contributed by atoms with Gasteiger partial charge in [0.2, 0.25) is 0 Å². The first kappa shape index (κ1) is 15.9. The molecule has 0 unspecified atom stereocenters. The van der Waals surface area contributed by atoms with Crippen LogP contribution in [0.4, 0.5) is 13.2 Å². The molecule has 0 amide bonds. The van der Waals surface area contributed by atoms with Gasteiger partial charge in [0, 0.05) is 12.5 Å². The maximum atomic E-state index is 14.0. The Morgan fingerprint density at radius 2 is 1.76 bits per heavy atom. The molecule has 0 bridgehead atoms. The molecule has 0 radical (unpaired) electrons. The summed E-state index contributed by atoms with van der Waals surface area (Å²) in [6.45, 7) is 7.60. The summed E-state index contributed by atoms with van der Waals surface area (Å²) in [4.78, 5) is 0. The smallest absolute Gasteiger partial charge is 0.240 e. The molecule has 1 aliphatic carbocycles. The molecule has 0 saturated heterocycles. The van der Waals surface area contributed by atoms with Crippen LogP contribution >= 0.6 is 0 Å². The summed E-state index contributed by atoms with van der Waals surface area (Å²) < 4.78 is 41.0. The van der Waals surface area contributed by atoms with E-state index in [0.717, 1.165) is 35.6 Å². The standard InChI is InChI=1S/C18H21F3/c1-11-8-13-6-7-14(18(5,20)21)10-16(13)15(11)9-12(2)17(3,4)19/h6-7,9-10H,8H2,1-5H3/b12-9+. The minimum atomic E-state index is -2.87. The van der Waals surface area contributed by atoms with Gasteiger partial charge in [-0.25, -0.2) is 13.2 Å². The summed E-state index contributed by atoms with van der Waals surface area (Å²) >= 11 is 0. The lowest BCUT2D eigenvalue weighted by molar-refractivity contribution is 0.0174. The van der Waals surface area contributed by atoms with Gasteiger partial charge in [-0.05, 0) is 62.5 Å². The average Bonchev–Trinajstić information content (AvgIpc) is 2.63. The lowest BCUT2D eigenvalue weighted by Crippen LogP contribution is -2.13. The second-order valence-electron chi connectivity index (χ2n) is 6.43. The summed E-state index contributed by atoms with van der Waals surface area (Å²) in [5.41, 5.74) is 2.97. The lowest BCUT2D eigenvalue weighted by Gasteiger charge is -2.17. The van der Waals surface area contributed by atoms with Crippen molar-refractivity contribution in [2.24, 2.45) is 0 Å². The fraction of sp³-hybridized carbons (Fsp3) is 0.444. The molecule has 0 spiro atoms. The van der Waals surface area contributed by atoms with E-state index in [9.17, 15) is 13.2 Å². The van der Waals surface area contributed by atoms with Crippen LogP contribution in [0.15, 0.2) is 35.4 Å². The highest BCUT2D eigenvalue weighted by molar-refractivity contribution is 5.83. The van der Waals surface area contributed by atoms with Crippen molar-refractivity contribution in [1.29, 1.82) is 0 Å². The zero-order chi connectivity index (χ0) is 16.0. The Morgan fingerprint density at radius 3 is 2.29 bits per heavy atom. The first-order valence-corrected chi connectivity index (χ1v) is 7.09. The van der Waals surface area contributed by atoms with Crippen molar-refractivity contribution in [2.45, 2.75) is 52.6 Å². The van der Waals surface area contributed by atoms with Crippen molar-refractivity contribution < 1.29 is 13.2 Å². The zero-order valence-electron chi connectivity index (χ0n) is 13.2. The molecule has 3 heteroatoms. The SMILES string of the molecule is CC1=C(/C=C(\C)C(C)(C)F)c2cc(C(C)(F)F)ccc2C1. The van der Waals surface area contributed by atoms with E-state index in [2.05, 4.69) is 0 Å². The van der Waals surface area contributed by atoms with Crippen molar-refractivity contribution in [2.75, 3.05) is 0 Å². The average molecular weight is 294 g/mol. The Balaban J connectivity index is 2.51. The molecule has 0 atom stereocenters. The third-order valence-electron chi connectivity index (χ3n) is 4.12. The quantitative estimate of drug-likeness (QED) is 0.658. The molecule has 0 fully saturated rings. The first-order valence-electron chi connectivity index (χ1n) is 7.09. The number of halogens is 3. The van der Waals surface area contributed by atoms with E-state index in [0.29, 0.717) is 5.57 Å². The normalized spacial score (nSPS) is 16.5. The van der Waals surface area contributed by atoms with Crippen molar-refractivity contribution >= 4 is 5.57 Å². The van der Waals surface area contributed by atoms with Gasteiger partial charge in [-0.3, -0.25) is 0 Å². The van der Waals surface area contributed by atoms with E-state index < -0.39 is 11.6 Å². The van der Waals surface area contributed by atoms with Gasteiger partial charge in [-0.15, -0.1) is 0 Å². The van der Waals surface area contributed by atoms with Gasteiger partial charge >= 0.3 is 0 Å². The van der Waals surface area contributed by atoms with Crippen LogP contribution in [0.1, 0.15) is 51.3 Å². The highest BCUT2D eigenvalue weighted by Gasteiger charge is 2.28. The van der Waals surface area contributed by atoms with Crippen LogP contribution in [0.3, 0.4) is 0 Å². The summed E-state index contributed by atoms with van der Waals surface area (Å²) in [5.74, 6) is -2.87. The maximum Gasteiger partial charge on any atom is 0.270 e. The van der Waals surface area contributed by atoms with Crippen LogP contribution in [-0.4, -0.2) is 5.67 Å². The molecule has 1 aromatic carbocycles. The summed E-state index contributed by atoms with van der Waals surface area (Å²) in [6, 6.07) is 4.77. The van der Waals surface area contributed by atoms with Gasteiger partial charge in [0.25, 0.3) is 5.92 Å². The van der Waals surface area contributed by atoms with Crippen molar-refractivity contribution in [3.8, 4) is 0 Å². The summed E-state index contributed by atoms with van der Waals surface area (Å²) in [6.07, 6.45) is 2.52. The Labute approximate surface area is 124 Å². The van der Waals surface area contributed by atoms with Crippen LogP contribution in [0.25, 0.3) is 5.57 Å². The van der Waals surface area contributed by atoms with Gasteiger partial charge in [-0.2, -0.15) is 0 Å². The molecule has 114 valence electrons. The Hall–Kier alpha value is -1.51. The van der Waals surface area contributed by atoms with E-state index in [1.165, 1.54) is 26.0 Å². The van der Waals surface area contributed by atoms with Gasteiger partial charge in [0.1, 0.15) is 5.67 Å². The van der Waals surface area contributed by atoms with Crippen LogP contribution in [-0.2, 0) is 12.3 Å². The van der Waals surface area contributed by atoms with Gasteiger partial charge in [0.05, 0.1) is 0 Å². The highest BCUT2D eigenvalue weighted by atomic mass is 19.3. The minimum absolute atomic E-state index is 0.000915. The van der Waals surface area contributed by atoms with E-state index >= 15 is 0 Å². The molecule has 0 aromatic heterocycles. The molecule has 21 heavy (non-hydrogen) atoms. The second kappa shape index (κ2) is 5.04. The van der Waals surface area contributed by atoms with Gasteiger partial charge < -0.3 is 0 Å². The van der Waals surface area contributed by atoms with Crippen LogP contribution in [0.5, 0.6) is 0 Å². The number of rotatable bonds is 3. The summed E-state index contributed by atoms with van der Waals surface area (Å²) in [5, 5.41) is 0. The molecule has 1 aliphatic rings. The summed E-state index contributed by atoms with van der Waals surface area (Å²) in [7, 11) is 0. The molecule has 0 aliphatic heterocycles. The van der Waals surface area contributed by atoms with Crippen molar-refractivity contribution in [3.63, 3.8) is 0 Å². The molecule has 0 heterocycles. The third-order valence-corrected chi connectivity index (χ3v) is 4.12. The van der Waals surface area contributed by atoms with Crippen LogP contribution < -0.4 is 0 Å². The van der Waals surface area contributed by atoms with E-state index in [1.807, 2.05) is 6.92 Å². The number of hydrogen-bond acceptors (Lipinski definition) is 0. The zero-order valence-corrected chi connectivity index (χ0v) is 13.2. The minimum Gasteiger partial charge on any atom is -0.240 e. The molecule has 1 aromatic rings. The topological polar surface area (TPSA) is 0 Å². The third kappa shape index (κ3) is 3.22. The first-order chi connectivity index (χ1) is 9.50. The Bertz CT molecular complexity index is 623. The number of alkyl halides is 3. The molecule has 0 nitrogen and oxygen atoms in total. The Morgan fingerprint density at radius 1 is 1.14 bits per heavy atom. The monoisotopic (exact) mass is 294 g/mol. The number of fused-ring (bicyclic) bond motifs is 1. The number of allylic oxidation sites excluding steroid dienone is 4. The van der Waals surface area contributed by atoms with Crippen LogP contribution in [0.2, 0.25) is 0 Å². The fourth-order valence-corrected chi connectivity index (χ4v) is 2.45. The molecular weight excluding hydrogens is 273 g/mol. The van der Waals surface area contributed by atoms with E-state index in [4.69, 9.17) is 0 Å². The van der Waals surface area contributed by atoms with Crippen molar-refractivity contribution in [3.05, 3.63) is 52.1 Å².